The molecule has 0 bridgehead atoms. The van der Waals surface area contributed by atoms with E-state index in [9.17, 15) is 19.5 Å². The number of fused-ring (bicyclic) bond motifs is 3. The van der Waals surface area contributed by atoms with Gasteiger partial charge in [-0.05, 0) is 34.4 Å². The number of thioether (sulfide) groups is 1. The lowest BCUT2D eigenvalue weighted by Gasteiger charge is -2.29. The number of benzene rings is 2. The number of nitrogens with zero attached hydrogens (tertiary/aromatic N) is 1. The molecule has 2 atom stereocenters. The lowest BCUT2D eigenvalue weighted by molar-refractivity contribution is -0.145. The highest BCUT2D eigenvalue weighted by Crippen LogP contribution is 2.44. The summed E-state index contributed by atoms with van der Waals surface area (Å²) in [5.41, 5.74) is 4.49. The average molecular weight is 485 g/mol. The third-order valence-corrected chi connectivity index (χ3v) is 6.89. The minimum absolute atomic E-state index is 0.0824. The molecule has 2 aromatic rings. The molecule has 8 heteroatoms. The van der Waals surface area contributed by atoms with Crippen molar-refractivity contribution in [2.45, 2.75) is 32.2 Å². The predicted molar refractivity (Wildman–Crippen MR) is 134 cm³/mol. The van der Waals surface area contributed by atoms with E-state index in [0.717, 1.165) is 22.3 Å². The van der Waals surface area contributed by atoms with Gasteiger partial charge in [0.25, 0.3) is 0 Å². The number of hydrogen-bond acceptors (Lipinski definition) is 5. The Bertz CT molecular complexity index is 982. The summed E-state index contributed by atoms with van der Waals surface area (Å²) in [7, 11) is 0. The van der Waals surface area contributed by atoms with E-state index in [0.29, 0.717) is 18.7 Å². The van der Waals surface area contributed by atoms with Crippen molar-refractivity contribution in [2.24, 2.45) is 5.92 Å². The van der Waals surface area contributed by atoms with Gasteiger partial charge < -0.3 is 20.1 Å². The van der Waals surface area contributed by atoms with E-state index in [-0.39, 0.29) is 18.4 Å². The van der Waals surface area contributed by atoms with Crippen LogP contribution in [0.25, 0.3) is 11.1 Å². The van der Waals surface area contributed by atoms with E-state index in [1.807, 2.05) is 56.5 Å². The molecular weight excluding hydrogens is 452 g/mol. The Morgan fingerprint density at radius 2 is 1.68 bits per heavy atom. The zero-order valence-corrected chi connectivity index (χ0v) is 20.6. The van der Waals surface area contributed by atoms with Crippen molar-refractivity contribution in [2.75, 3.05) is 31.7 Å². The van der Waals surface area contributed by atoms with Gasteiger partial charge in [-0.15, -0.1) is 0 Å². The Hall–Kier alpha value is -3.00. The van der Waals surface area contributed by atoms with Crippen molar-refractivity contribution < 1.29 is 24.2 Å². The highest BCUT2D eigenvalue weighted by Gasteiger charge is 2.33. The molecule has 1 aliphatic rings. The highest BCUT2D eigenvalue weighted by molar-refractivity contribution is 7.98. The lowest BCUT2D eigenvalue weighted by atomic mass is 9.97. The largest absolute Gasteiger partial charge is 0.480 e. The first-order chi connectivity index (χ1) is 16.4. The summed E-state index contributed by atoms with van der Waals surface area (Å²) < 4.78 is 5.62. The van der Waals surface area contributed by atoms with Crippen molar-refractivity contribution in [1.29, 1.82) is 0 Å². The first-order valence-electron chi connectivity index (χ1n) is 11.5. The third-order valence-electron chi connectivity index (χ3n) is 6.30. The van der Waals surface area contributed by atoms with Gasteiger partial charge >= 0.3 is 12.1 Å². The maximum absolute atomic E-state index is 13.2. The van der Waals surface area contributed by atoms with Crippen LogP contribution in [0.3, 0.4) is 0 Å². The number of aliphatic carboxylic acids is 1. The van der Waals surface area contributed by atoms with Gasteiger partial charge in [0.05, 0.1) is 0 Å². The third kappa shape index (κ3) is 5.91. The molecule has 2 N–H and O–H groups in total. The molecule has 0 unspecified atom stereocenters. The van der Waals surface area contributed by atoms with Crippen molar-refractivity contribution >= 4 is 29.7 Å². The van der Waals surface area contributed by atoms with E-state index in [4.69, 9.17) is 4.74 Å². The fourth-order valence-electron chi connectivity index (χ4n) is 4.28. The van der Waals surface area contributed by atoms with Crippen LogP contribution in [0.2, 0.25) is 0 Å². The summed E-state index contributed by atoms with van der Waals surface area (Å²) >= 11 is 1.53. The van der Waals surface area contributed by atoms with E-state index >= 15 is 0 Å². The molecule has 34 heavy (non-hydrogen) atoms. The molecule has 2 amide bonds. The molecular formula is C26H32N2O5S. The Morgan fingerprint density at radius 1 is 1.09 bits per heavy atom. The number of amides is 2. The van der Waals surface area contributed by atoms with E-state index in [2.05, 4.69) is 17.4 Å². The zero-order valence-electron chi connectivity index (χ0n) is 19.8. The first-order valence-corrected chi connectivity index (χ1v) is 12.9. The van der Waals surface area contributed by atoms with Gasteiger partial charge in [-0.2, -0.15) is 11.8 Å². The van der Waals surface area contributed by atoms with E-state index in [1.165, 1.54) is 16.7 Å². The van der Waals surface area contributed by atoms with Gasteiger partial charge in [0.2, 0.25) is 5.91 Å². The summed E-state index contributed by atoms with van der Waals surface area (Å²) in [6.07, 6.45) is 1.86. The van der Waals surface area contributed by atoms with Gasteiger partial charge in [-0.25, -0.2) is 4.79 Å². The number of carbonyl (C=O) groups is 3. The van der Waals surface area contributed by atoms with Gasteiger partial charge in [-0.3, -0.25) is 9.59 Å². The molecule has 0 spiro atoms. The second-order valence-corrected chi connectivity index (χ2v) is 9.47. The minimum Gasteiger partial charge on any atom is -0.480 e. The lowest BCUT2D eigenvalue weighted by Crippen LogP contribution is -2.53. The first kappa shape index (κ1) is 25.6. The quantitative estimate of drug-likeness (QED) is 0.496. The number of ether oxygens (including phenoxy) is 1. The molecule has 0 radical (unpaired) electrons. The molecule has 0 saturated heterocycles. The van der Waals surface area contributed by atoms with Crippen LogP contribution in [0.15, 0.2) is 48.5 Å². The molecule has 0 saturated carbocycles. The van der Waals surface area contributed by atoms with Crippen LogP contribution >= 0.6 is 11.8 Å². The smallest absolute Gasteiger partial charge is 0.407 e. The fourth-order valence-corrected chi connectivity index (χ4v) is 4.68. The number of nitrogens with one attached hydrogen (secondary N) is 1. The summed E-state index contributed by atoms with van der Waals surface area (Å²) in [6.45, 7) is 3.82. The van der Waals surface area contributed by atoms with Crippen molar-refractivity contribution in [3.8, 4) is 11.1 Å². The van der Waals surface area contributed by atoms with Crippen molar-refractivity contribution in [3.05, 3.63) is 59.7 Å². The molecule has 0 fully saturated rings. The second-order valence-electron chi connectivity index (χ2n) is 8.48. The summed E-state index contributed by atoms with van der Waals surface area (Å²) in [4.78, 5) is 38.6. The SMILES string of the molecule is CC[C@H](C)[C@H](NC(=O)OCC1c2ccccc2-c2ccccc21)C(=O)N(CCSC)CC(=O)O. The summed E-state index contributed by atoms with van der Waals surface area (Å²) in [6, 6.07) is 15.3. The topological polar surface area (TPSA) is 95.9 Å². The Balaban J connectivity index is 1.71. The minimum atomic E-state index is -1.08. The van der Waals surface area contributed by atoms with Crippen molar-refractivity contribution in [1.82, 2.24) is 10.2 Å². The van der Waals surface area contributed by atoms with Gasteiger partial charge in [0.15, 0.2) is 0 Å². The van der Waals surface area contributed by atoms with Gasteiger partial charge in [-0.1, -0.05) is 68.8 Å². The standard InChI is InChI=1S/C26H32N2O5S/c1-4-17(2)24(25(31)28(13-14-34-3)15-23(29)30)27-26(32)33-16-22-20-11-7-5-9-18(20)19-10-6-8-12-21(19)22/h5-12,17,22,24H,4,13-16H2,1-3H3,(H,27,32)(H,29,30)/t17-,24-/m0/s1. The van der Waals surface area contributed by atoms with E-state index < -0.39 is 30.6 Å². The van der Waals surface area contributed by atoms with Crippen LogP contribution < -0.4 is 5.32 Å². The van der Waals surface area contributed by atoms with Crippen LogP contribution in [0.4, 0.5) is 4.79 Å². The van der Waals surface area contributed by atoms with Crippen molar-refractivity contribution in [3.63, 3.8) is 0 Å². The molecule has 2 aromatic carbocycles. The van der Waals surface area contributed by atoms with Crippen LogP contribution in [-0.2, 0) is 14.3 Å². The molecule has 0 aliphatic heterocycles. The highest BCUT2D eigenvalue weighted by atomic mass is 32.2. The number of alkyl carbamates (subject to hydrolysis) is 1. The number of hydrogen-bond donors (Lipinski definition) is 2. The maximum atomic E-state index is 13.2. The number of carboxylic acids is 1. The van der Waals surface area contributed by atoms with Crippen LogP contribution in [-0.4, -0.2) is 65.7 Å². The Kier molecular flexibility index (Phi) is 8.98. The normalized spacial score (nSPS) is 14.0. The molecule has 182 valence electrons. The van der Waals surface area contributed by atoms with E-state index in [1.54, 1.807) is 0 Å². The number of rotatable bonds is 11. The average Bonchev–Trinajstić information content (AvgIpc) is 3.16. The molecule has 0 heterocycles. The predicted octanol–water partition coefficient (Wildman–Crippen LogP) is 4.22. The fraction of sp³-hybridized carbons (Fsp3) is 0.423. The zero-order chi connectivity index (χ0) is 24.7. The Labute approximate surface area is 204 Å². The Morgan fingerprint density at radius 3 is 2.21 bits per heavy atom. The molecule has 0 aromatic heterocycles. The molecule has 3 rings (SSSR count). The second kappa shape index (κ2) is 11.9. The molecule has 7 nitrogen and oxygen atoms in total. The van der Waals surface area contributed by atoms with Crippen LogP contribution in [0.1, 0.15) is 37.3 Å². The summed E-state index contributed by atoms with van der Waals surface area (Å²) in [5, 5.41) is 12.0. The van der Waals surface area contributed by atoms with Crippen LogP contribution in [0.5, 0.6) is 0 Å². The molecule has 1 aliphatic carbocycles. The monoisotopic (exact) mass is 484 g/mol. The summed E-state index contributed by atoms with van der Waals surface area (Å²) in [5.74, 6) is -1.14. The number of carbonyl (C=O) groups excluding carboxylic acids is 2. The maximum Gasteiger partial charge on any atom is 0.407 e. The van der Waals surface area contributed by atoms with Gasteiger partial charge in [0, 0.05) is 18.2 Å². The van der Waals surface area contributed by atoms with Crippen LogP contribution in [0, 0.1) is 5.92 Å². The number of carboxylic acid groups (broad SMARTS) is 1. The van der Waals surface area contributed by atoms with Gasteiger partial charge in [0.1, 0.15) is 19.2 Å².